The van der Waals surface area contributed by atoms with E-state index < -0.39 is 0 Å². The lowest BCUT2D eigenvalue weighted by Gasteiger charge is -2.22. The van der Waals surface area contributed by atoms with Gasteiger partial charge in [-0.1, -0.05) is 0 Å². The summed E-state index contributed by atoms with van der Waals surface area (Å²) in [5.74, 6) is 0.828. The fourth-order valence-corrected chi connectivity index (χ4v) is 3.23. The van der Waals surface area contributed by atoms with Crippen molar-refractivity contribution in [1.29, 1.82) is 0 Å². The van der Waals surface area contributed by atoms with Gasteiger partial charge in [0.25, 0.3) is 5.56 Å². The van der Waals surface area contributed by atoms with Crippen molar-refractivity contribution in [3.63, 3.8) is 0 Å². The highest BCUT2D eigenvalue weighted by Gasteiger charge is 2.22. The minimum Gasteiger partial charge on any atom is -0.494 e. The Balaban J connectivity index is 0.00000243. The van der Waals surface area contributed by atoms with Gasteiger partial charge in [-0.2, -0.15) is 5.10 Å². The van der Waals surface area contributed by atoms with Crippen molar-refractivity contribution in [2.45, 2.75) is 25.3 Å². The van der Waals surface area contributed by atoms with Gasteiger partial charge in [-0.3, -0.25) is 9.69 Å². The van der Waals surface area contributed by atoms with Crippen LogP contribution in [-0.2, 0) is 7.05 Å². The lowest BCUT2D eigenvalue weighted by molar-refractivity contribution is 0.150. The van der Waals surface area contributed by atoms with Crippen LogP contribution in [0.1, 0.15) is 19.3 Å². The van der Waals surface area contributed by atoms with Gasteiger partial charge in [0, 0.05) is 31.3 Å². The standard InChI is InChI=1S/C19H25N3O3.ClH/c1-21-19(24)10-9-18(20-21)15-5-7-17(8-6-15)25-13-3-12-22-11-2-4-16(22)14-23;/h5-10,16,23H,2-4,11-14H2,1H3;1H/t16-;/m0./s1. The van der Waals surface area contributed by atoms with E-state index in [-0.39, 0.29) is 24.6 Å². The second kappa shape index (κ2) is 9.71. The van der Waals surface area contributed by atoms with Gasteiger partial charge in [-0.05, 0) is 56.1 Å². The van der Waals surface area contributed by atoms with Gasteiger partial charge in [0.05, 0.1) is 18.9 Å². The van der Waals surface area contributed by atoms with Crippen LogP contribution in [0, 0.1) is 0 Å². The van der Waals surface area contributed by atoms with Crippen molar-refractivity contribution in [2.24, 2.45) is 7.05 Å². The van der Waals surface area contributed by atoms with Crippen LogP contribution in [0.25, 0.3) is 11.3 Å². The predicted octanol–water partition coefficient (Wildman–Crippen LogP) is 2.09. The molecule has 1 atom stereocenters. The molecule has 0 aliphatic carbocycles. The third-order valence-corrected chi connectivity index (χ3v) is 4.68. The number of aliphatic hydroxyl groups is 1. The molecule has 3 rings (SSSR count). The van der Waals surface area contributed by atoms with E-state index in [1.165, 1.54) is 17.2 Å². The molecule has 7 heteroatoms. The molecule has 1 N–H and O–H groups in total. The third kappa shape index (κ3) is 5.06. The van der Waals surface area contributed by atoms with Crippen LogP contribution in [0.15, 0.2) is 41.2 Å². The van der Waals surface area contributed by atoms with E-state index >= 15 is 0 Å². The van der Waals surface area contributed by atoms with E-state index in [2.05, 4.69) is 10.00 Å². The largest absolute Gasteiger partial charge is 0.494 e. The minimum atomic E-state index is -0.120. The first-order valence-corrected chi connectivity index (χ1v) is 8.80. The van der Waals surface area contributed by atoms with E-state index in [0.29, 0.717) is 12.6 Å². The molecular weight excluding hydrogens is 354 g/mol. The van der Waals surface area contributed by atoms with E-state index in [9.17, 15) is 9.90 Å². The summed E-state index contributed by atoms with van der Waals surface area (Å²) in [5.41, 5.74) is 1.59. The number of aromatic nitrogens is 2. The van der Waals surface area contributed by atoms with Crippen molar-refractivity contribution < 1.29 is 9.84 Å². The van der Waals surface area contributed by atoms with Gasteiger partial charge in [0.1, 0.15) is 5.75 Å². The van der Waals surface area contributed by atoms with Gasteiger partial charge in [-0.15, -0.1) is 12.4 Å². The number of halogens is 1. The molecule has 1 aliphatic heterocycles. The Labute approximate surface area is 159 Å². The van der Waals surface area contributed by atoms with Gasteiger partial charge in [-0.25, -0.2) is 4.68 Å². The number of aliphatic hydroxyl groups excluding tert-OH is 1. The molecule has 0 radical (unpaired) electrons. The molecule has 1 fully saturated rings. The molecule has 2 heterocycles. The first-order chi connectivity index (χ1) is 12.2. The van der Waals surface area contributed by atoms with Gasteiger partial charge in [0.2, 0.25) is 0 Å². The molecule has 1 aliphatic rings. The highest BCUT2D eigenvalue weighted by atomic mass is 35.5. The second-order valence-electron chi connectivity index (χ2n) is 6.42. The van der Waals surface area contributed by atoms with Crippen LogP contribution in [0.2, 0.25) is 0 Å². The Morgan fingerprint density at radius 1 is 1.23 bits per heavy atom. The van der Waals surface area contributed by atoms with Crippen LogP contribution < -0.4 is 10.3 Å². The SMILES string of the molecule is Cl.Cn1nc(-c2ccc(OCCCN3CCC[C@H]3CO)cc2)ccc1=O. The number of rotatable bonds is 7. The maximum atomic E-state index is 11.4. The van der Waals surface area contributed by atoms with E-state index in [4.69, 9.17) is 4.74 Å². The summed E-state index contributed by atoms with van der Waals surface area (Å²) in [6, 6.07) is 11.3. The smallest absolute Gasteiger partial charge is 0.266 e. The Hall–Kier alpha value is -1.89. The number of aryl methyl sites for hydroxylation is 1. The maximum Gasteiger partial charge on any atom is 0.266 e. The number of nitrogens with zero attached hydrogens (tertiary/aromatic N) is 3. The van der Waals surface area contributed by atoms with Crippen molar-refractivity contribution >= 4 is 12.4 Å². The summed E-state index contributed by atoms with van der Waals surface area (Å²) < 4.78 is 7.13. The van der Waals surface area contributed by atoms with Gasteiger partial charge >= 0.3 is 0 Å². The van der Waals surface area contributed by atoms with E-state index in [0.717, 1.165) is 42.9 Å². The zero-order chi connectivity index (χ0) is 17.6. The minimum absolute atomic E-state index is 0. The van der Waals surface area contributed by atoms with Crippen molar-refractivity contribution in [1.82, 2.24) is 14.7 Å². The first kappa shape index (κ1) is 20.4. The number of likely N-dealkylation sites (tertiary alicyclic amines) is 1. The predicted molar refractivity (Wildman–Crippen MR) is 104 cm³/mol. The van der Waals surface area contributed by atoms with Crippen molar-refractivity contribution in [2.75, 3.05) is 26.3 Å². The van der Waals surface area contributed by atoms with Crippen LogP contribution in [0.4, 0.5) is 0 Å². The molecular formula is C19H26ClN3O3. The third-order valence-electron chi connectivity index (χ3n) is 4.68. The molecule has 26 heavy (non-hydrogen) atoms. The molecule has 6 nitrogen and oxygen atoms in total. The Bertz CT molecular complexity index is 748. The van der Waals surface area contributed by atoms with E-state index in [1.807, 2.05) is 24.3 Å². The first-order valence-electron chi connectivity index (χ1n) is 8.80. The molecule has 0 bridgehead atoms. The molecule has 142 valence electrons. The Morgan fingerprint density at radius 2 is 2.00 bits per heavy atom. The molecule has 2 aromatic rings. The topological polar surface area (TPSA) is 67.6 Å². The molecule has 1 saturated heterocycles. The number of hydrogen-bond donors (Lipinski definition) is 1. The fourth-order valence-electron chi connectivity index (χ4n) is 3.23. The van der Waals surface area contributed by atoms with Crippen LogP contribution in [0.3, 0.4) is 0 Å². The molecule has 0 unspecified atom stereocenters. The highest BCUT2D eigenvalue weighted by Crippen LogP contribution is 2.20. The van der Waals surface area contributed by atoms with Crippen molar-refractivity contribution in [3.05, 3.63) is 46.8 Å². The molecule has 0 saturated carbocycles. The second-order valence-corrected chi connectivity index (χ2v) is 6.42. The quantitative estimate of drug-likeness (QED) is 0.746. The molecule has 1 aromatic carbocycles. The summed E-state index contributed by atoms with van der Waals surface area (Å²) >= 11 is 0. The zero-order valence-corrected chi connectivity index (χ0v) is 15.8. The normalized spacial score (nSPS) is 17.1. The van der Waals surface area contributed by atoms with Gasteiger partial charge < -0.3 is 9.84 Å². The highest BCUT2D eigenvalue weighted by molar-refractivity contribution is 5.85. The Kier molecular flexibility index (Phi) is 7.63. The maximum absolute atomic E-state index is 11.4. The van der Waals surface area contributed by atoms with Crippen LogP contribution >= 0.6 is 12.4 Å². The summed E-state index contributed by atoms with van der Waals surface area (Å²) in [5, 5.41) is 13.6. The number of ether oxygens (including phenoxy) is 1. The average molecular weight is 380 g/mol. The Morgan fingerprint density at radius 3 is 2.69 bits per heavy atom. The van der Waals surface area contributed by atoms with Gasteiger partial charge in [0.15, 0.2) is 0 Å². The lowest BCUT2D eigenvalue weighted by Crippen LogP contribution is -2.33. The number of benzene rings is 1. The van der Waals surface area contributed by atoms with Crippen LogP contribution in [0.5, 0.6) is 5.75 Å². The summed E-state index contributed by atoms with van der Waals surface area (Å²) in [7, 11) is 1.64. The fraction of sp³-hybridized carbons (Fsp3) is 0.474. The zero-order valence-electron chi connectivity index (χ0n) is 15.0. The summed E-state index contributed by atoms with van der Waals surface area (Å²) in [4.78, 5) is 13.7. The lowest BCUT2D eigenvalue weighted by atomic mass is 10.1. The molecule has 0 spiro atoms. The summed E-state index contributed by atoms with van der Waals surface area (Å²) in [6.45, 7) is 2.95. The summed E-state index contributed by atoms with van der Waals surface area (Å²) in [6.07, 6.45) is 3.21. The monoisotopic (exact) mass is 379 g/mol. The van der Waals surface area contributed by atoms with E-state index in [1.54, 1.807) is 13.1 Å². The average Bonchev–Trinajstić information content (AvgIpc) is 3.09. The number of hydrogen-bond acceptors (Lipinski definition) is 5. The molecule has 0 amide bonds. The van der Waals surface area contributed by atoms with Crippen molar-refractivity contribution in [3.8, 4) is 17.0 Å². The molecule has 1 aromatic heterocycles. The van der Waals surface area contributed by atoms with Crippen LogP contribution in [-0.4, -0.2) is 52.1 Å².